The van der Waals surface area contributed by atoms with Crippen LogP contribution in [-0.4, -0.2) is 57.9 Å². The van der Waals surface area contributed by atoms with E-state index in [0.29, 0.717) is 5.92 Å². The summed E-state index contributed by atoms with van der Waals surface area (Å²) < 4.78 is 11.8. The predicted octanol–water partition coefficient (Wildman–Crippen LogP) is 3.71. The third-order valence-electron chi connectivity index (χ3n) is 5.29. The Labute approximate surface area is 180 Å². The van der Waals surface area contributed by atoms with Crippen LogP contribution in [0.25, 0.3) is 0 Å². The molecule has 0 aromatic heterocycles. The predicted molar refractivity (Wildman–Crippen MR) is 121 cm³/mol. The van der Waals surface area contributed by atoms with Gasteiger partial charge in [0, 0.05) is 46.3 Å². The van der Waals surface area contributed by atoms with Crippen LogP contribution >= 0.6 is 24.0 Å². The molecule has 1 saturated heterocycles. The number of guanidine groups is 1. The highest BCUT2D eigenvalue weighted by Gasteiger charge is 2.27. The van der Waals surface area contributed by atoms with E-state index in [1.165, 1.54) is 24.8 Å². The zero-order valence-electron chi connectivity index (χ0n) is 16.6. The number of ether oxygens (including phenoxy) is 2. The van der Waals surface area contributed by atoms with Crippen LogP contribution < -0.4 is 5.32 Å². The van der Waals surface area contributed by atoms with Crippen molar-refractivity contribution in [2.75, 3.05) is 47.0 Å². The van der Waals surface area contributed by atoms with Gasteiger partial charge in [-0.25, -0.2) is 0 Å². The maximum Gasteiger partial charge on any atom is 0.193 e. The number of nitrogens with zero attached hydrogens (tertiary/aromatic N) is 2. The molecule has 27 heavy (non-hydrogen) atoms. The van der Waals surface area contributed by atoms with Crippen LogP contribution in [0.5, 0.6) is 0 Å². The molecule has 1 N–H and O–H groups in total. The lowest BCUT2D eigenvalue weighted by Gasteiger charge is -2.33. The van der Waals surface area contributed by atoms with E-state index in [4.69, 9.17) is 9.47 Å². The molecule has 0 amide bonds. The van der Waals surface area contributed by atoms with Crippen LogP contribution in [0, 0.1) is 11.8 Å². The summed E-state index contributed by atoms with van der Waals surface area (Å²) in [5.41, 5.74) is 1.27. The molecule has 2 atom stereocenters. The fourth-order valence-electron chi connectivity index (χ4n) is 3.51. The normalized spacial score (nSPS) is 22.8. The molecule has 0 spiro atoms. The molecule has 5 nitrogen and oxygen atoms in total. The van der Waals surface area contributed by atoms with Crippen LogP contribution in [0.15, 0.2) is 35.3 Å². The second-order valence-corrected chi connectivity index (χ2v) is 7.47. The lowest BCUT2D eigenvalue weighted by molar-refractivity contribution is -0.0266. The minimum atomic E-state index is 0. The Kier molecular flexibility index (Phi) is 9.86. The molecule has 2 aliphatic rings. The third kappa shape index (κ3) is 7.23. The van der Waals surface area contributed by atoms with Crippen molar-refractivity contribution in [2.45, 2.75) is 31.8 Å². The van der Waals surface area contributed by atoms with E-state index in [-0.39, 0.29) is 30.1 Å². The number of aliphatic imine (C=N–C) groups is 1. The van der Waals surface area contributed by atoms with Gasteiger partial charge in [-0.3, -0.25) is 4.99 Å². The topological polar surface area (TPSA) is 46.1 Å². The summed E-state index contributed by atoms with van der Waals surface area (Å²) in [6.45, 7) is 4.25. The minimum Gasteiger partial charge on any atom is -0.379 e. The molecular formula is C21H34IN3O2. The highest BCUT2D eigenvalue weighted by atomic mass is 127. The smallest absolute Gasteiger partial charge is 0.193 e. The SMILES string of the molecule is CN=C(NCC1CCCOC1c1ccccc1)N(C)CCOCC1CC1.I. The van der Waals surface area contributed by atoms with Crippen molar-refractivity contribution in [3.63, 3.8) is 0 Å². The Morgan fingerprint density at radius 1 is 1.26 bits per heavy atom. The number of benzene rings is 1. The van der Waals surface area contributed by atoms with Crippen LogP contribution in [0.1, 0.15) is 37.4 Å². The Hall–Kier alpha value is -0.860. The Balaban J connectivity index is 0.00000261. The summed E-state index contributed by atoms with van der Waals surface area (Å²) in [6, 6.07) is 10.6. The average molecular weight is 487 g/mol. The second kappa shape index (κ2) is 11.9. The first-order valence-corrected chi connectivity index (χ1v) is 9.94. The van der Waals surface area contributed by atoms with Crippen molar-refractivity contribution in [2.24, 2.45) is 16.8 Å². The van der Waals surface area contributed by atoms with Gasteiger partial charge in [0.2, 0.25) is 0 Å². The fraction of sp³-hybridized carbons (Fsp3) is 0.667. The largest absolute Gasteiger partial charge is 0.379 e. The summed E-state index contributed by atoms with van der Waals surface area (Å²) in [5, 5.41) is 3.54. The first-order valence-electron chi connectivity index (χ1n) is 9.94. The zero-order valence-corrected chi connectivity index (χ0v) is 18.9. The first-order chi connectivity index (χ1) is 12.8. The number of hydrogen-bond donors (Lipinski definition) is 1. The van der Waals surface area contributed by atoms with E-state index in [1.807, 2.05) is 7.05 Å². The summed E-state index contributed by atoms with van der Waals surface area (Å²) in [4.78, 5) is 6.58. The molecule has 152 valence electrons. The Morgan fingerprint density at radius 3 is 2.74 bits per heavy atom. The lowest BCUT2D eigenvalue weighted by Crippen LogP contribution is -2.44. The third-order valence-corrected chi connectivity index (χ3v) is 5.29. The molecule has 2 fully saturated rings. The number of likely N-dealkylation sites (N-methyl/N-ethyl adjacent to an activating group) is 1. The van der Waals surface area contributed by atoms with Gasteiger partial charge in [-0.1, -0.05) is 30.3 Å². The minimum absolute atomic E-state index is 0. The zero-order chi connectivity index (χ0) is 18.2. The second-order valence-electron chi connectivity index (χ2n) is 7.47. The van der Waals surface area contributed by atoms with E-state index < -0.39 is 0 Å². The van der Waals surface area contributed by atoms with Gasteiger partial charge in [0.1, 0.15) is 0 Å². The van der Waals surface area contributed by atoms with Crippen molar-refractivity contribution in [1.82, 2.24) is 10.2 Å². The van der Waals surface area contributed by atoms with Crippen molar-refractivity contribution in [3.8, 4) is 0 Å². The van der Waals surface area contributed by atoms with Gasteiger partial charge in [0.25, 0.3) is 0 Å². The van der Waals surface area contributed by atoms with E-state index in [1.54, 1.807) is 0 Å². The average Bonchev–Trinajstić information content (AvgIpc) is 3.51. The van der Waals surface area contributed by atoms with Gasteiger partial charge in [0.05, 0.1) is 12.7 Å². The fourth-order valence-corrected chi connectivity index (χ4v) is 3.51. The van der Waals surface area contributed by atoms with Crippen LogP contribution in [0.3, 0.4) is 0 Å². The van der Waals surface area contributed by atoms with Crippen molar-refractivity contribution in [1.29, 1.82) is 0 Å². The van der Waals surface area contributed by atoms with Crippen molar-refractivity contribution >= 4 is 29.9 Å². The van der Waals surface area contributed by atoms with Gasteiger partial charge < -0.3 is 19.7 Å². The molecule has 2 unspecified atom stereocenters. The lowest BCUT2D eigenvalue weighted by atomic mass is 9.89. The highest BCUT2D eigenvalue weighted by Crippen LogP contribution is 2.33. The molecule has 6 heteroatoms. The summed E-state index contributed by atoms with van der Waals surface area (Å²) in [5.74, 6) is 2.21. The molecule has 1 aliphatic carbocycles. The first kappa shape index (κ1) is 22.4. The molecule has 1 saturated carbocycles. The summed E-state index contributed by atoms with van der Waals surface area (Å²) >= 11 is 0. The molecular weight excluding hydrogens is 453 g/mol. The van der Waals surface area contributed by atoms with Gasteiger partial charge >= 0.3 is 0 Å². The molecule has 0 bridgehead atoms. The summed E-state index contributed by atoms with van der Waals surface area (Å²) in [7, 11) is 3.91. The summed E-state index contributed by atoms with van der Waals surface area (Å²) in [6.07, 6.45) is 5.15. The molecule has 1 heterocycles. The Bertz CT molecular complexity index is 566. The van der Waals surface area contributed by atoms with Crippen LogP contribution in [-0.2, 0) is 9.47 Å². The Morgan fingerprint density at radius 2 is 2.04 bits per heavy atom. The number of rotatable bonds is 8. The van der Waals surface area contributed by atoms with E-state index >= 15 is 0 Å². The van der Waals surface area contributed by atoms with Crippen molar-refractivity contribution in [3.05, 3.63) is 35.9 Å². The van der Waals surface area contributed by atoms with Gasteiger partial charge in [-0.2, -0.15) is 0 Å². The number of hydrogen-bond acceptors (Lipinski definition) is 3. The van der Waals surface area contributed by atoms with E-state index in [9.17, 15) is 0 Å². The van der Waals surface area contributed by atoms with Gasteiger partial charge in [-0.15, -0.1) is 24.0 Å². The molecule has 1 aromatic rings. The van der Waals surface area contributed by atoms with Crippen LogP contribution in [0.2, 0.25) is 0 Å². The van der Waals surface area contributed by atoms with Gasteiger partial charge in [0.15, 0.2) is 5.96 Å². The number of nitrogens with one attached hydrogen (secondary N) is 1. The highest BCUT2D eigenvalue weighted by molar-refractivity contribution is 14.0. The van der Waals surface area contributed by atoms with Crippen molar-refractivity contribution < 1.29 is 9.47 Å². The van der Waals surface area contributed by atoms with E-state index in [0.717, 1.165) is 51.2 Å². The van der Waals surface area contributed by atoms with E-state index in [2.05, 4.69) is 52.6 Å². The molecule has 1 aliphatic heterocycles. The maximum atomic E-state index is 6.10. The molecule has 1 aromatic carbocycles. The van der Waals surface area contributed by atoms with Crippen LogP contribution in [0.4, 0.5) is 0 Å². The van der Waals surface area contributed by atoms with Gasteiger partial charge in [-0.05, 0) is 37.2 Å². The maximum absolute atomic E-state index is 6.10. The monoisotopic (exact) mass is 487 g/mol. The number of halogens is 1. The molecule has 3 rings (SSSR count). The quantitative estimate of drug-likeness (QED) is 0.263. The standard InChI is InChI=1S/C21H33N3O2.HI/c1-22-21(24(2)12-14-25-16-17-10-11-17)23-15-19-9-6-13-26-20(19)18-7-4-3-5-8-18;/h3-5,7-8,17,19-20H,6,9-16H2,1-2H3,(H,22,23);1H. The molecule has 0 radical (unpaired) electrons.